The van der Waals surface area contributed by atoms with E-state index in [4.69, 9.17) is 0 Å². The molecule has 1 unspecified atom stereocenters. The minimum absolute atomic E-state index is 0.227. The van der Waals surface area contributed by atoms with Crippen molar-refractivity contribution in [3.63, 3.8) is 0 Å². The van der Waals surface area contributed by atoms with Gasteiger partial charge in [0.2, 0.25) is 0 Å². The van der Waals surface area contributed by atoms with Gasteiger partial charge in [-0.25, -0.2) is 0 Å². The molecule has 0 saturated heterocycles. The molecule has 0 saturated carbocycles. The third-order valence-corrected chi connectivity index (χ3v) is 3.33. The van der Waals surface area contributed by atoms with Crippen molar-refractivity contribution in [2.45, 2.75) is 33.1 Å². The molecule has 0 aromatic heterocycles. The summed E-state index contributed by atoms with van der Waals surface area (Å²) >= 11 is 0. The lowest BCUT2D eigenvalue weighted by Crippen LogP contribution is -2.30. The van der Waals surface area contributed by atoms with E-state index in [2.05, 4.69) is 62.2 Å². The first kappa shape index (κ1) is 14.0. The quantitative estimate of drug-likeness (QED) is 0.671. The number of rotatable bonds is 8. The van der Waals surface area contributed by atoms with Crippen molar-refractivity contribution < 1.29 is 0 Å². The Morgan fingerprint density at radius 3 is 2.59 bits per heavy atom. The summed E-state index contributed by atoms with van der Waals surface area (Å²) in [4.78, 5) is 0. The molecule has 1 nitrogen and oxygen atoms in total. The fraction of sp³-hybridized carbons (Fsp3) is 0.500. The van der Waals surface area contributed by atoms with E-state index in [0.29, 0.717) is 0 Å². The van der Waals surface area contributed by atoms with E-state index in [1.54, 1.807) is 0 Å². The predicted molar refractivity (Wildman–Crippen MR) is 76.2 cm³/mol. The topological polar surface area (TPSA) is 12.0 Å². The van der Waals surface area contributed by atoms with Gasteiger partial charge in [0.05, 0.1) is 0 Å². The minimum atomic E-state index is 0.227. The Kier molecular flexibility index (Phi) is 5.99. The molecule has 1 heteroatoms. The zero-order valence-electron chi connectivity index (χ0n) is 11.2. The molecule has 17 heavy (non-hydrogen) atoms. The van der Waals surface area contributed by atoms with Crippen LogP contribution in [0, 0.1) is 5.41 Å². The number of nitrogens with one attached hydrogen (secondary N) is 1. The van der Waals surface area contributed by atoms with E-state index in [-0.39, 0.29) is 5.41 Å². The van der Waals surface area contributed by atoms with Crippen LogP contribution in [0.3, 0.4) is 0 Å². The van der Waals surface area contributed by atoms with Gasteiger partial charge in [0.25, 0.3) is 0 Å². The Hall–Kier alpha value is -1.08. The molecule has 0 bridgehead atoms. The summed E-state index contributed by atoms with van der Waals surface area (Å²) in [7, 11) is 0. The lowest BCUT2D eigenvalue weighted by molar-refractivity contribution is 0.358. The van der Waals surface area contributed by atoms with Crippen LogP contribution in [-0.4, -0.2) is 13.1 Å². The maximum atomic E-state index is 3.97. The van der Waals surface area contributed by atoms with E-state index in [0.717, 1.165) is 19.5 Å². The monoisotopic (exact) mass is 231 g/mol. The Labute approximate surface area is 106 Å². The third kappa shape index (κ3) is 5.18. The second-order valence-electron chi connectivity index (χ2n) is 4.98. The van der Waals surface area contributed by atoms with Crippen LogP contribution in [0.4, 0.5) is 0 Å². The molecule has 0 radical (unpaired) electrons. The molecule has 1 aromatic carbocycles. The van der Waals surface area contributed by atoms with Crippen LogP contribution in [0.1, 0.15) is 32.3 Å². The van der Waals surface area contributed by atoms with Crippen LogP contribution in [0.15, 0.2) is 43.0 Å². The highest BCUT2D eigenvalue weighted by atomic mass is 14.9. The summed E-state index contributed by atoms with van der Waals surface area (Å²) in [6.07, 6.45) is 5.67. The van der Waals surface area contributed by atoms with Gasteiger partial charge in [0.1, 0.15) is 0 Å². The van der Waals surface area contributed by atoms with Crippen LogP contribution in [0.25, 0.3) is 0 Å². The van der Waals surface area contributed by atoms with Crippen LogP contribution >= 0.6 is 0 Å². The zero-order chi connectivity index (χ0) is 12.6. The fourth-order valence-electron chi connectivity index (χ4n) is 2.01. The van der Waals surface area contributed by atoms with Gasteiger partial charge in [0.15, 0.2) is 0 Å². The molecule has 0 amide bonds. The molecular formula is C16H25N. The lowest BCUT2D eigenvalue weighted by atomic mass is 9.84. The normalized spacial score (nSPS) is 14.2. The summed E-state index contributed by atoms with van der Waals surface area (Å²) in [5.74, 6) is 0. The van der Waals surface area contributed by atoms with E-state index in [9.17, 15) is 0 Å². The van der Waals surface area contributed by atoms with Gasteiger partial charge < -0.3 is 5.32 Å². The van der Waals surface area contributed by atoms with Gasteiger partial charge in [-0.2, -0.15) is 0 Å². The second-order valence-corrected chi connectivity index (χ2v) is 4.98. The molecule has 0 heterocycles. The van der Waals surface area contributed by atoms with Crippen LogP contribution < -0.4 is 5.32 Å². The summed E-state index contributed by atoms with van der Waals surface area (Å²) < 4.78 is 0. The molecule has 1 atom stereocenters. The average molecular weight is 231 g/mol. The van der Waals surface area contributed by atoms with E-state index in [1.807, 2.05) is 0 Å². The summed E-state index contributed by atoms with van der Waals surface area (Å²) in [6, 6.07) is 10.7. The smallest absolute Gasteiger partial charge is 0.00396 e. The van der Waals surface area contributed by atoms with Crippen LogP contribution in [-0.2, 0) is 6.42 Å². The largest absolute Gasteiger partial charge is 0.316 e. The van der Waals surface area contributed by atoms with Gasteiger partial charge in [-0.3, -0.25) is 0 Å². The van der Waals surface area contributed by atoms with Gasteiger partial charge in [-0.05, 0) is 36.8 Å². The van der Waals surface area contributed by atoms with Gasteiger partial charge in [-0.1, -0.05) is 50.3 Å². The third-order valence-electron chi connectivity index (χ3n) is 3.33. The first-order valence-corrected chi connectivity index (χ1v) is 6.58. The molecule has 0 fully saturated rings. The average Bonchev–Trinajstić information content (AvgIpc) is 2.38. The highest BCUT2D eigenvalue weighted by Crippen LogP contribution is 2.24. The highest BCUT2D eigenvalue weighted by Gasteiger charge is 2.18. The van der Waals surface area contributed by atoms with Gasteiger partial charge in [0, 0.05) is 6.54 Å². The molecular weight excluding hydrogens is 206 g/mol. The maximum Gasteiger partial charge on any atom is 0.00396 e. The molecule has 1 N–H and O–H groups in total. The van der Waals surface area contributed by atoms with Gasteiger partial charge in [-0.15, -0.1) is 6.58 Å². The van der Waals surface area contributed by atoms with Crippen molar-refractivity contribution in [3.05, 3.63) is 48.6 Å². The molecule has 1 rings (SSSR count). The van der Waals surface area contributed by atoms with Gasteiger partial charge >= 0.3 is 0 Å². The Morgan fingerprint density at radius 2 is 2.00 bits per heavy atom. The molecule has 94 valence electrons. The number of hydrogen-bond donors (Lipinski definition) is 1. The maximum absolute atomic E-state index is 3.97. The fourth-order valence-corrected chi connectivity index (χ4v) is 2.01. The first-order valence-electron chi connectivity index (χ1n) is 6.58. The summed E-state index contributed by atoms with van der Waals surface area (Å²) in [6.45, 7) is 10.5. The highest BCUT2D eigenvalue weighted by molar-refractivity contribution is 5.14. The first-order chi connectivity index (χ1) is 8.20. The molecule has 0 aliphatic carbocycles. The van der Waals surface area contributed by atoms with E-state index in [1.165, 1.54) is 18.4 Å². The van der Waals surface area contributed by atoms with Crippen LogP contribution in [0.2, 0.25) is 0 Å². The molecule has 0 spiro atoms. The predicted octanol–water partition coefficient (Wildman–Crippen LogP) is 3.81. The Bertz CT molecular complexity index is 318. The van der Waals surface area contributed by atoms with Crippen molar-refractivity contribution in [2.75, 3.05) is 13.1 Å². The van der Waals surface area contributed by atoms with Crippen molar-refractivity contribution in [1.29, 1.82) is 0 Å². The van der Waals surface area contributed by atoms with E-state index >= 15 is 0 Å². The van der Waals surface area contributed by atoms with E-state index < -0.39 is 0 Å². The van der Waals surface area contributed by atoms with Crippen LogP contribution in [0.5, 0.6) is 0 Å². The lowest BCUT2D eigenvalue weighted by Gasteiger charge is -2.26. The second kappa shape index (κ2) is 7.29. The van der Waals surface area contributed by atoms with Crippen molar-refractivity contribution in [1.82, 2.24) is 5.32 Å². The zero-order valence-corrected chi connectivity index (χ0v) is 11.2. The van der Waals surface area contributed by atoms with Crippen molar-refractivity contribution >= 4 is 0 Å². The number of hydrogen-bond acceptors (Lipinski definition) is 1. The molecule has 0 aliphatic heterocycles. The minimum Gasteiger partial charge on any atom is -0.316 e. The Morgan fingerprint density at radius 1 is 1.29 bits per heavy atom. The standard InChI is InChI=1S/C16H25N/c1-4-16(3,14-17-5-2)13-9-12-15-10-7-6-8-11-15/h4,6-8,10-11,17H,1,5,9,12-14H2,2-3H3. The number of aryl methyl sites for hydroxylation is 1. The number of benzene rings is 1. The Balaban J connectivity index is 2.35. The summed E-state index contributed by atoms with van der Waals surface area (Å²) in [5, 5.41) is 3.42. The van der Waals surface area contributed by atoms with Crippen molar-refractivity contribution in [3.8, 4) is 0 Å². The summed E-state index contributed by atoms with van der Waals surface area (Å²) in [5.41, 5.74) is 1.66. The molecule has 1 aromatic rings. The molecule has 0 aliphatic rings. The SMILES string of the molecule is C=CC(C)(CCCc1ccccc1)CNCC. The van der Waals surface area contributed by atoms with Crippen molar-refractivity contribution in [2.24, 2.45) is 5.41 Å².